The number of carbonyl (C=O) groups excluding carboxylic acids is 2. The molecule has 10 heteroatoms. The standard InChI is InChI=1S/C28H29ClFN5O3/c29-25-6-5-22(17-21(25)19-30)34-27(36)7-4-20-2-1-3-23(16-20)38-24-8-9-32-26(18-24)28(37)33-12-15-35-13-10-31-11-14-35/h1-9,16-18,31H,10-15,19H2,(H,33,37)(H,34,36). The van der Waals surface area contributed by atoms with E-state index < -0.39 is 6.67 Å². The van der Waals surface area contributed by atoms with Crippen molar-refractivity contribution < 1.29 is 18.7 Å². The van der Waals surface area contributed by atoms with E-state index in [2.05, 4.69) is 25.8 Å². The molecule has 198 valence electrons. The van der Waals surface area contributed by atoms with Crippen LogP contribution in [0.25, 0.3) is 6.08 Å². The van der Waals surface area contributed by atoms with E-state index in [-0.39, 0.29) is 17.5 Å². The van der Waals surface area contributed by atoms with Gasteiger partial charge in [-0.05, 0) is 48.0 Å². The van der Waals surface area contributed by atoms with Gasteiger partial charge in [0.1, 0.15) is 23.9 Å². The molecule has 0 atom stereocenters. The van der Waals surface area contributed by atoms with E-state index in [1.54, 1.807) is 48.5 Å². The molecule has 0 spiro atoms. The van der Waals surface area contributed by atoms with E-state index in [9.17, 15) is 14.0 Å². The zero-order valence-corrected chi connectivity index (χ0v) is 21.5. The summed E-state index contributed by atoms with van der Waals surface area (Å²) >= 11 is 5.91. The van der Waals surface area contributed by atoms with Crippen molar-refractivity contribution in [3.8, 4) is 11.5 Å². The quantitative estimate of drug-likeness (QED) is 0.334. The number of halogens is 2. The van der Waals surface area contributed by atoms with Crippen molar-refractivity contribution in [3.63, 3.8) is 0 Å². The number of piperazine rings is 1. The second-order valence-corrected chi connectivity index (χ2v) is 9.07. The second kappa shape index (κ2) is 13.7. The molecule has 0 saturated carbocycles. The normalized spacial score (nSPS) is 13.8. The average Bonchev–Trinajstić information content (AvgIpc) is 2.94. The van der Waals surface area contributed by atoms with Crippen LogP contribution in [0.15, 0.2) is 66.9 Å². The molecule has 1 fully saturated rings. The molecule has 0 radical (unpaired) electrons. The highest BCUT2D eigenvalue weighted by atomic mass is 35.5. The lowest BCUT2D eigenvalue weighted by atomic mass is 10.2. The van der Waals surface area contributed by atoms with Gasteiger partial charge in [0.25, 0.3) is 5.91 Å². The summed E-state index contributed by atoms with van der Waals surface area (Å²) in [5.74, 6) is 0.379. The number of nitrogens with one attached hydrogen (secondary N) is 3. The minimum atomic E-state index is -0.717. The number of rotatable bonds is 10. The summed E-state index contributed by atoms with van der Waals surface area (Å²) in [4.78, 5) is 31.3. The molecular formula is C28H29ClFN5O3. The number of ether oxygens (including phenoxy) is 1. The van der Waals surface area contributed by atoms with E-state index in [0.29, 0.717) is 34.3 Å². The molecule has 1 aliphatic heterocycles. The molecule has 4 rings (SSSR count). The third-order valence-corrected chi connectivity index (χ3v) is 6.23. The van der Waals surface area contributed by atoms with Crippen molar-refractivity contribution in [1.29, 1.82) is 0 Å². The van der Waals surface area contributed by atoms with Crippen molar-refractivity contribution in [2.24, 2.45) is 0 Å². The maximum atomic E-state index is 13.0. The number of amides is 2. The topological polar surface area (TPSA) is 95.6 Å². The second-order valence-electron chi connectivity index (χ2n) is 8.66. The molecular weight excluding hydrogens is 509 g/mol. The van der Waals surface area contributed by atoms with Gasteiger partial charge >= 0.3 is 0 Å². The fraction of sp³-hybridized carbons (Fsp3) is 0.250. The van der Waals surface area contributed by atoms with Crippen molar-refractivity contribution in [1.82, 2.24) is 20.5 Å². The average molecular weight is 538 g/mol. The molecule has 38 heavy (non-hydrogen) atoms. The Bertz CT molecular complexity index is 1300. The molecule has 3 N–H and O–H groups in total. The molecule has 2 aromatic carbocycles. The molecule has 1 aromatic heterocycles. The van der Waals surface area contributed by atoms with Crippen molar-refractivity contribution in [2.75, 3.05) is 44.6 Å². The van der Waals surface area contributed by atoms with Gasteiger partial charge in [-0.1, -0.05) is 23.7 Å². The van der Waals surface area contributed by atoms with Gasteiger partial charge < -0.3 is 20.7 Å². The Morgan fingerprint density at radius 2 is 1.92 bits per heavy atom. The van der Waals surface area contributed by atoms with Crippen LogP contribution >= 0.6 is 11.6 Å². The van der Waals surface area contributed by atoms with Gasteiger partial charge in [-0.2, -0.15) is 0 Å². The maximum absolute atomic E-state index is 13.0. The lowest BCUT2D eigenvalue weighted by Gasteiger charge is -2.27. The summed E-state index contributed by atoms with van der Waals surface area (Å²) in [5, 5.41) is 9.21. The van der Waals surface area contributed by atoms with Gasteiger partial charge in [-0.25, -0.2) is 4.39 Å². The third-order valence-electron chi connectivity index (χ3n) is 5.87. The predicted octanol–water partition coefficient (Wildman–Crippen LogP) is 4.28. The Labute approximate surface area is 225 Å². The van der Waals surface area contributed by atoms with Crippen LogP contribution in [0.4, 0.5) is 10.1 Å². The van der Waals surface area contributed by atoms with Crippen molar-refractivity contribution in [3.05, 3.63) is 88.7 Å². The SMILES string of the molecule is O=C(C=Cc1cccc(Oc2ccnc(C(=O)NCCN3CCNCC3)c2)c1)Nc1ccc(Cl)c(CF)c1. The zero-order valence-electron chi connectivity index (χ0n) is 20.8. The van der Waals surface area contributed by atoms with Gasteiger partial charge in [-0.3, -0.25) is 19.5 Å². The summed E-state index contributed by atoms with van der Waals surface area (Å²) < 4.78 is 18.9. The Morgan fingerprint density at radius 3 is 2.74 bits per heavy atom. The molecule has 0 aliphatic carbocycles. The van der Waals surface area contributed by atoms with Gasteiger partial charge in [0, 0.05) is 73.9 Å². The molecule has 0 unspecified atom stereocenters. The molecule has 3 aromatic rings. The van der Waals surface area contributed by atoms with E-state index in [1.165, 1.54) is 18.3 Å². The summed E-state index contributed by atoms with van der Waals surface area (Å²) in [7, 11) is 0. The molecule has 1 saturated heterocycles. The van der Waals surface area contributed by atoms with Crippen LogP contribution in [0.5, 0.6) is 11.5 Å². The largest absolute Gasteiger partial charge is 0.457 e. The van der Waals surface area contributed by atoms with E-state index in [0.717, 1.165) is 38.3 Å². The van der Waals surface area contributed by atoms with E-state index in [1.807, 2.05) is 6.07 Å². The Hall–Kier alpha value is -3.79. The fourth-order valence-corrected chi connectivity index (χ4v) is 4.05. The predicted molar refractivity (Wildman–Crippen MR) is 146 cm³/mol. The smallest absolute Gasteiger partial charge is 0.270 e. The number of hydrogen-bond acceptors (Lipinski definition) is 6. The summed E-state index contributed by atoms with van der Waals surface area (Å²) in [5.41, 5.74) is 1.77. The summed E-state index contributed by atoms with van der Waals surface area (Å²) in [6.07, 6.45) is 4.54. The number of benzene rings is 2. The van der Waals surface area contributed by atoms with Crippen LogP contribution in [0.2, 0.25) is 5.02 Å². The molecule has 8 nitrogen and oxygen atoms in total. The van der Waals surface area contributed by atoms with Gasteiger partial charge in [0.2, 0.25) is 5.91 Å². The van der Waals surface area contributed by atoms with Gasteiger partial charge in [0.05, 0.1) is 0 Å². The maximum Gasteiger partial charge on any atom is 0.270 e. The fourth-order valence-electron chi connectivity index (χ4n) is 3.88. The number of hydrogen-bond donors (Lipinski definition) is 3. The molecule has 0 bridgehead atoms. The van der Waals surface area contributed by atoms with Crippen LogP contribution < -0.4 is 20.7 Å². The number of pyridine rings is 1. The van der Waals surface area contributed by atoms with Gasteiger partial charge in [-0.15, -0.1) is 0 Å². The lowest BCUT2D eigenvalue weighted by molar-refractivity contribution is -0.111. The molecule has 2 heterocycles. The van der Waals surface area contributed by atoms with Crippen molar-refractivity contribution in [2.45, 2.75) is 6.67 Å². The van der Waals surface area contributed by atoms with E-state index >= 15 is 0 Å². The van der Waals surface area contributed by atoms with Crippen LogP contribution in [0, 0.1) is 0 Å². The van der Waals surface area contributed by atoms with Crippen LogP contribution in [0.1, 0.15) is 21.6 Å². The molecule has 2 amide bonds. The highest BCUT2D eigenvalue weighted by Crippen LogP contribution is 2.24. The first-order valence-corrected chi connectivity index (χ1v) is 12.7. The lowest BCUT2D eigenvalue weighted by Crippen LogP contribution is -2.46. The summed E-state index contributed by atoms with van der Waals surface area (Å²) in [6, 6.07) is 15.1. The third kappa shape index (κ3) is 8.11. The highest BCUT2D eigenvalue weighted by Gasteiger charge is 2.12. The van der Waals surface area contributed by atoms with Crippen LogP contribution in [0.3, 0.4) is 0 Å². The minimum Gasteiger partial charge on any atom is -0.457 e. The monoisotopic (exact) mass is 537 g/mol. The number of aromatic nitrogens is 1. The summed E-state index contributed by atoms with van der Waals surface area (Å²) in [6.45, 7) is 4.49. The first-order chi connectivity index (χ1) is 18.5. The number of carbonyl (C=O) groups is 2. The Morgan fingerprint density at radius 1 is 1.11 bits per heavy atom. The first-order valence-electron chi connectivity index (χ1n) is 12.3. The van der Waals surface area contributed by atoms with Crippen molar-refractivity contribution >= 4 is 35.2 Å². The zero-order chi connectivity index (χ0) is 26.7. The number of anilines is 1. The molecule has 1 aliphatic rings. The van der Waals surface area contributed by atoms with Gasteiger partial charge in [0.15, 0.2) is 0 Å². The minimum absolute atomic E-state index is 0.257. The number of alkyl halides is 1. The highest BCUT2D eigenvalue weighted by molar-refractivity contribution is 6.31. The Balaban J connectivity index is 1.31. The first kappa shape index (κ1) is 27.3. The Kier molecular flexibility index (Phi) is 9.80. The van der Waals surface area contributed by atoms with Crippen LogP contribution in [-0.4, -0.2) is 61.0 Å². The van der Waals surface area contributed by atoms with Crippen LogP contribution in [-0.2, 0) is 11.5 Å². The van der Waals surface area contributed by atoms with E-state index in [4.69, 9.17) is 16.3 Å². The number of nitrogens with zero attached hydrogens (tertiary/aromatic N) is 2.